The first-order valence-corrected chi connectivity index (χ1v) is 14.1. The van der Waals surface area contributed by atoms with Crippen molar-refractivity contribution < 1.29 is 29.0 Å². The molecule has 0 bridgehead atoms. The lowest BCUT2D eigenvalue weighted by Gasteiger charge is -2.32. The fraction of sp³-hybridized carbons (Fsp3) is 0.364. The van der Waals surface area contributed by atoms with Gasteiger partial charge in [0.2, 0.25) is 11.8 Å². The first-order chi connectivity index (χ1) is 19.9. The maximum Gasteiger partial charge on any atom is 0.326 e. The van der Waals surface area contributed by atoms with E-state index in [1.165, 1.54) is 0 Å². The number of aliphatic carboxylic acids is 1. The molecule has 0 aliphatic carbocycles. The van der Waals surface area contributed by atoms with Crippen LogP contribution >= 0.6 is 0 Å². The molecule has 1 heterocycles. The van der Waals surface area contributed by atoms with Crippen LogP contribution in [0.15, 0.2) is 78.9 Å². The Labute approximate surface area is 241 Å². The number of nitrogens with zero attached hydrogens (tertiary/aromatic N) is 1. The molecule has 3 aromatic rings. The number of likely N-dealkylation sites (tertiary alicyclic amines) is 1. The number of para-hydroxylation sites is 1. The van der Waals surface area contributed by atoms with Crippen molar-refractivity contribution in [2.45, 2.75) is 51.2 Å². The van der Waals surface area contributed by atoms with Crippen LogP contribution in [0.1, 0.15) is 42.4 Å². The third-order valence-electron chi connectivity index (χ3n) is 7.49. The highest BCUT2D eigenvalue weighted by molar-refractivity contribution is 5.84. The number of carbonyl (C=O) groups excluding carboxylic acids is 2. The van der Waals surface area contributed by atoms with Crippen LogP contribution in [0.25, 0.3) is 0 Å². The van der Waals surface area contributed by atoms with Crippen LogP contribution in [0.3, 0.4) is 0 Å². The Hall–Kier alpha value is -4.33. The number of carboxylic acids is 1. The smallest absolute Gasteiger partial charge is 0.326 e. The first-order valence-electron chi connectivity index (χ1n) is 14.1. The average molecular weight is 559 g/mol. The molecule has 0 radical (unpaired) electrons. The van der Waals surface area contributed by atoms with Gasteiger partial charge in [0.1, 0.15) is 24.1 Å². The number of benzene rings is 3. The minimum absolute atomic E-state index is 0.0984. The molecule has 2 amide bonds. The third-order valence-corrected chi connectivity index (χ3v) is 7.49. The van der Waals surface area contributed by atoms with Gasteiger partial charge in [0, 0.05) is 32.4 Å². The van der Waals surface area contributed by atoms with Crippen LogP contribution in [0.2, 0.25) is 0 Å². The minimum Gasteiger partial charge on any atom is -0.496 e. The highest BCUT2D eigenvalue weighted by Gasteiger charge is 2.26. The maximum absolute atomic E-state index is 12.7. The number of amides is 2. The van der Waals surface area contributed by atoms with Crippen molar-refractivity contribution in [1.29, 1.82) is 0 Å². The lowest BCUT2D eigenvalue weighted by Crippen LogP contribution is -2.44. The normalized spacial score (nSPS) is 14.2. The molecule has 8 nitrogen and oxygen atoms in total. The predicted octanol–water partition coefficient (Wildman–Crippen LogP) is 4.65. The Morgan fingerprint density at radius 1 is 0.927 bits per heavy atom. The van der Waals surface area contributed by atoms with Gasteiger partial charge in [-0.15, -0.1) is 0 Å². The third kappa shape index (κ3) is 9.10. The highest BCUT2D eigenvalue weighted by atomic mass is 16.5. The Kier molecular flexibility index (Phi) is 10.8. The Morgan fingerprint density at radius 2 is 1.61 bits per heavy atom. The van der Waals surface area contributed by atoms with Crippen LogP contribution in [0, 0.1) is 5.92 Å². The summed E-state index contributed by atoms with van der Waals surface area (Å²) in [5.74, 6) is 0.344. The summed E-state index contributed by atoms with van der Waals surface area (Å²) < 4.78 is 11.2. The summed E-state index contributed by atoms with van der Waals surface area (Å²) in [6.07, 6.45) is 2.89. The fourth-order valence-corrected chi connectivity index (χ4v) is 5.11. The van der Waals surface area contributed by atoms with Crippen molar-refractivity contribution in [2.75, 3.05) is 20.2 Å². The van der Waals surface area contributed by atoms with E-state index >= 15 is 0 Å². The molecule has 1 saturated heterocycles. The largest absolute Gasteiger partial charge is 0.496 e. The summed E-state index contributed by atoms with van der Waals surface area (Å²) in [5, 5.41) is 12.4. The molecule has 1 fully saturated rings. The lowest BCUT2D eigenvalue weighted by atomic mass is 9.92. The van der Waals surface area contributed by atoms with E-state index < -0.39 is 12.0 Å². The highest BCUT2D eigenvalue weighted by Crippen LogP contribution is 2.23. The summed E-state index contributed by atoms with van der Waals surface area (Å²) in [4.78, 5) is 39.2. The molecule has 4 rings (SSSR count). The summed E-state index contributed by atoms with van der Waals surface area (Å²) in [5.41, 5.74) is 2.87. The molecule has 216 valence electrons. The molecule has 1 aliphatic heterocycles. The van der Waals surface area contributed by atoms with Crippen molar-refractivity contribution in [3.05, 3.63) is 95.6 Å². The Morgan fingerprint density at radius 3 is 2.29 bits per heavy atom. The van der Waals surface area contributed by atoms with E-state index in [1.807, 2.05) is 83.8 Å². The number of piperidine rings is 1. The molecular formula is C33H38N2O6. The molecule has 41 heavy (non-hydrogen) atoms. The van der Waals surface area contributed by atoms with Gasteiger partial charge >= 0.3 is 5.97 Å². The van der Waals surface area contributed by atoms with Gasteiger partial charge in [-0.05, 0) is 60.1 Å². The van der Waals surface area contributed by atoms with Crippen molar-refractivity contribution in [3.63, 3.8) is 0 Å². The zero-order valence-electron chi connectivity index (χ0n) is 23.5. The number of hydrogen-bond acceptors (Lipinski definition) is 5. The fourth-order valence-electron chi connectivity index (χ4n) is 5.11. The Bertz CT molecular complexity index is 1290. The van der Waals surface area contributed by atoms with E-state index in [9.17, 15) is 19.5 Å². The molecule has 0 saturated carbocycles. The van der Waals surface area contributed by atoms with Gasteiger partial charge in [0.05, 0.1) is 7.11 Å². The average Bonchev–Trinajstić information content (AvgIpc) is 3.00. The Balaban J connectivity index is 1.19. The number of hydrogen-bond donors (Lipinski definition) is 2. The van der Waals surface area contributed by atoms with Gasteiger partial charge in [-0.1, -0.05) is 60.7 Å². The second-order valence-electron chi connectivity index (χ2n) is 10.4. The van der Waals surface area contributed by atoms with Gasteiger partial charge in [-0.25, -0.2) is 4.79 Å². The minimum atomic E-state index is -1.07. The maximum atomic E-state index is 12.7. The van der Waals surface area contributed by atoms with Crippen LogP contribution in [0.4, 0.5) is 0 Å². The van der Waals surface area contributed by atoms with Gasteiger partial charge < -0.3 is 24.8 Å². The molecule has 2 N–H and O–H groups in total. The zero-order valence-corrected chi connectivity index (χ0v) is 23.5. The predicted molar refractivity (Wildman–Crippen MR) is 156 cm³/mol. The number of nitrogens with one attached hydrogen (secondary N) is 1. The van der Waals surface area contributed by atoms with E-state index in [0.717, 1.165) is 35.3 Å². The van der Waals surface area contributed by atoms with E-state index in [0.29, 0.717) is 38.3 Å². The number of carbonyl (C=O) groups is 3. The second kappa shape index (κ2) is 14.9. The molecule has 8 heteroatoms. The quantitative estimate of drug-likeness (QED) is 0.317. The van der Waals surface area contributed by atoms with E-state index in [2.05, 4.69) is 5.32 Å². The van der Waals surface area contributed by atoms with Gasteiger partial charge in [0.25, 0.3) is 0 Å². The monoisotopic (exact) mass is 558 g/mol. The first kappa shape index (κ1) is 29.6. The van der Waals surface area contributed by atoms with Crippen LogP contribution in [0.5, 0.6) is 11.5 Å². The molecule has 0 spiro atoms. The molecule has 0 aromatic heterocycles. The van der Waals surface area contributed by atoms with E-state index in [1.54, 1.807) is 7.11 Å². The van der Waals surface area contributed by atoms with Gasteiger partial charge in [-0.2, -0.15) is 0 Å². The summed E-state index contributed by atoms with van der Waals surface area (Å²) >= 11 is 0. The number of ether oxygens (including phenoxy) is 2. The van der Waals surface area contributed by atoms with Crippen molar-refractivity contribution in [3.8, 4) is 11.5 Å². The molecule has 1 atom stereocenters. The van der Waals surface area contributed by atoms with Crippen molar-refractivity contribution in [1.82, 2.24) is 10.2 Å². The lowest BCUT2D eigenvalue weighted by molar-refractivity contribution is -0.142. The molecule has 3 aromatic carbocycles. The zero-order chi connectivity index (χ0) is 29.0. The number of rotatable bonds is 13. The van der Waals surface area contributed by atoms with Crippen molar-refractivity contribution >= 4 is 17.8 Å². The van der Waals surface area contributed by atoms with Gasteiger partial charge in [-0.3, -0.25) is 9.59 Å². The topological polar surface area (TPSA) is 105 Å². The second-order valence-corrected chi connectivity index (χ2v) is 10.4. The van der Waals surface area contributed by atoms with Gasteiger partial charge in [0.15, 0.2) is 0 Å². The standard InChI is InChI=1S/C33H38N2O6/c1-40-30-10-6-5-9-27(30)13-16-32(37)35-19-17-25(18-20-35)22-31(36)34-29(33(38)39)21-24-11-14-28(15-12-24)41-23-26-7-3-2-4-8-26/h2-12,14-15,25,29H,13,16-23H2,1H3,(H,34,36)(H,38,39)/t29-/m0/s1. The molecular weight excluding hydrogens is 520 g/mol. The number of aryl methyl sites for hydroxylation is 1. The van der Waals surface area contributed by atoms with Crippen LogP contribution in [-0.4, -0.2) is 54.0 Å². The van der Waals surface area contributed by atoms with E-state index in [4.69, 9.17) is 9.47 Å². The summed E-state index contributed by atoms with van der Waals surface area (Å²) in [6, 6.07) is 23.8. The molecule has 0 unspecified atom stereocenters. The summed E-state index contributed by atoms with van der Waals surface area (Å²) in [7, 11) is 1.63. The number of carboxylic acid groups (broad SMARTS) is 1. The van der Waals surface area contributed by atoms with Crippen molar-refractivity contribution in [2.24, 2.45) is 5.92 Å². The SMILES string of the molecule is COc1ccccc1CCC(=O)N1CCC(CC(=O)N[C@@H](Cc2ccc(OCc3ccccc3)cc2)C(=O)O)CC1. The molecule has 1 aliphatic rings. The van der Waals surface area contributed by atoms with E-state index in [-0.39, 0.29) is 30.6 Å². The summed E-state index contributed by atoms with van der Waals surface area (Å²) in [6.45, 7) is 1.65. The number of methoxy groups -OCH3 is 1. The van der Waals surface area contributed by atoms with Crippen LogP contribution < -0.4 is 14.8 Å². The van der Waals surface area contributed by atoms with Crippen LogP contribution in [-0.2, 0) is 33.8 Å².